The van der Waals surface area contributed by atoms with Crippen LogP contribution < -0.4 is 0 Å². The van der Waals surface area contributed by atoms with Gasteiger partial charge in [-0.05, 0) is 37.3 Å². The molecule has 0 aliphatic heterocycles. The van der Waals surface area contributed by atoms with Gasteiger partial charge in [0.25, 0.3) is 0 Å². The number of nitrogens with zero attached hydrogens (tertiary/aromatic N) is 3. The predicted molar refractivity (Wildman–Crippen MR) is 109 cm³/mol. The predicted octanol–water partition coefficient (Wildman–Crippen LogP) is 4.69. The highest BCUT2D eigenvalue weighted by molar-refractivity contribution is 7.99. The van der Waals surface area contributed by atoms with Gasteiger partial charge in [-0.1, -0.05) is 48.2 Å². The van der Waals surface area contributed by atoms with Crippen molar-refractivity contribution in [3.05, 3.63) is 64.1 Å². The quantitative estimate of drug-likeness (QED) is 0.374. The Bertz CT molecular complexity index is 770. The van der Waals surface area contributed by atoms with Gasteiger partial charge in [0.15, 0.2) is 5.16 Å². The number of benzene rings is 1. The maximum absolute atomic E-state index is 5.65. The van der Waals surface area contributed by atoms with Crippen LogP contribution >= 0.6 is 23.1 Å². The lowest BCUT2D eigenvalue weighted by Crippen LogP contribution is -2.09. The van der Waals surface area contributed by atoms with Crippen LogP contribution in [0.1, 0.15) is 30.1 Å². The lowest BCUT2D eigenvalue weighted by Gasteiger charge is -2.11. The van der Waals surface area contributed by atoms with E-state index in [-0.39, 0.29) is 6.10 Å². The van der Waals surface area contributed by atoms with Crippen LogP contribution in [0.5, 0.6) is 0 Å². The fourth-order valence-corrected chi connectivity index (χ4v) is 4.17. The molecule has 26 heavy (non-hydrogen) atoms. The first-order valence-electron chi connectivity index (χ1n) is 8.95. The monoisotopic (exact) mass is 387 g/mol. The van der Waals surface area contributed by atoms with E-state index in [1.54, 1.807) is 23.1 Å². The van der Waals surface area contributed by atoms with Crippen LogP contribution in [-0.2, 0) is 24.1 Å². The number of thioether (sulfide) groups is 1. The highest BCUT2D eigenvalue weighted by Gasteiger charge is 2.14. The molecule has 0 unspecified atom stereocenters. The third-order valence-corrected chi connectivity index (χ3v) is 5.75. The molecule has 0 amide bonds. The van der Waals surface area contributed by atoms with Crippen molar-refractivity contribution in [2.75, 3.05) is 12.4 Å². The topological polar surface area (TPSA) is 39.9 Å². The van der Waals surface area contributed by atoms with Gasteiger partial charge >= 0.3 is 0 Å². The third-order valence-electron chi connectivity index (χ3n) is 3.94. The molecular weight excluding hydrogens is 362 g/mol. The zero-order valence-electron chi connectivity index (χ0n) is 15.3. The normalized spacial score (nSPS) is 11.3. The summed E-state index contributed by atoms with van der Waals surface area (Å²) in [6.45, 7) is 5.75. The van der Waals surface area contributed by atoms with Crippen molar-refractivity contribution in [2.45, 2.75) is 44.5 Å². The van der Waals surface area contributed by atoms with E-state index in [2.05, 4.69) is 76.5 Å². The largest absolute Gasteiger partial charge is 0.378 e. The minimum atomic E-state index is 0.265. The van der Waals surface area contributed by atoms with Crippen molar-refractivity contribution in [3.8, 4) is 0 Å². The van der Waals surface area contributed by atoms with Crippen LogP contribution in [0.25, 0.3) is 0 Å². The molecule has 2 heterocycles. The van der Waals surface area contributed by atoms with Crippen molar-refractivity contribution in [1.82, 2.24) is 14.8 Å². The molecule has 0 bridgehead atoms. The van der Waals surface area contributed by atoms with Crippen molar-refractivity contribution in [2.24, 2.45) is 0 Å². The second kappa shape index (κ2) is 9.90. The van der Waals surface area contributed by atoms with Crippen LogP contribution in [0.3, 0.4) is 0 Å². The Hall–Kier alpha value is -1.63. The van der Waals surface area contributed by atoms with Gasteiger partial charge in [0.1, 0.15) is 5.82 Å². The van der Waals surface area contributed by atoms with E-state index in [0.717, 1.165) is 42.7 Å². The molecular formula is C20H25N3OS2. The molecule has 2 aromatic heterocycles. The zero-order valence-corrected chi connectivity index (χ0v) is 16.9. The highest BCUT2D eigenvalue weighted by Crippen LogP contribution is 2.21. The van der Waals surface area contributed by atoms with Gasteiger partial charge in [0.2, 0.25) is 0 Å². The van der Waals surface area contributed by atoms with Gasteiger partial charge in [0, 0.05) is 23.6 Å². The molecule has 6 heteroatoms. The summed E-state index contributed by atoms with van der Waals surface area (Å²) in [5, 5.41) is 12.0. The maximum atomic E-state index is 5.65. The lowest BCUT2D eigenvalue weighted by molar-refractivity contribution is 0.0920. The summed E-state index contributed by atoms with van der Waals surface area (Å²) in [4.78, 5) is 1.32. The van der Waals surface area contributed by atoms with Crippen molar-refractivity contribution >= 4 is 23.1 Å². The molecule has 0 spiro atoms. The summed E-state index contributed by atoms with van der Waals surface area (Å²) in [6, 6.07) is 14.8. The van der Waals surface area contributed by atoms with E-state index in [1.807, 2.05) is 0 Å². The van der Waals surface area contributed by atoms with Gasteiger partial charge in [0.05, 0.1) is 12.7 Å². The van der Waals surface area contributed by atoms with E-state index >= 15 is 0 Å². The Kier molecular flexibility index (Phi) is 7.29. The van der Waals surface area contributed by atoms with E-state index < -0.39 is 0 Å². The number of aryl methyl sites for hydroxylation is 1. The molecule has 0 radical (unpaired) electrons. The maximum Gasteiger partial charge on any atom is 0.191 e. The van der Waals surface area contributed by atoms with Gasteiger partial charge < -0.3 is 9.30 Å². The number of thiophene rings is 1. The first-order valence-corrected chi connectivity index (χ1v) is 10.8. The number of hydrogen-bond donors (Lipinski definition) is 0. The highest BCUT2D eigenvalue weighted by atomic mass is 32.2. The van der Waals surface area contributed by atoms with Gasteiger partial charge in [-0.2, -0.15) is 0 Å². The molecule has 3 rings (SSSR count). The van der Waals surface area contributed by atoms with Crippen LogP contribution in [-0.4, -0.2) is 33.2 Å². The number of rotatable bonds is 10. The molecule has 0 aliphatic rings. The van der Waals surface area contributed by atoms with Crippen LogP contribution in [0, 0.1) is 0 Å². The summed E-state index contributed by atoms with van der Waals surface area (Å²) in [7, 11) is 0. The zero-order chi connectivity index (χ0) is 18.2. The first kappa shape index (κ1) is 19.1. The van der Waals surface area contributed by atoms with Gasteiger partial charge in [-0.15, -0.1) is 21.5 Å². The summed E-state index contributed by atoms with van der Waals surface area (Å²) in [5.41, 5.74) is 1.34. The molecule has 0 fully saturated rings. The van der Waals surface area contributed by atoms with E-state index in [0.29, 0.717) is 0 Å². The minimum Gasteiger partial charge on any atom is -0.378 e. The van der Waals surface area contributed by atoms with Gasteiger partial charge in [-0.25, -0.2) is 0 Å². The Labute approximate surface area is 163 Å². The molecule has 3 aromatic rings. The second-order valence-electron chi connectivity index (χ2n) is 6.31. The number of ether oxygens (including phenoxy) is 1. The molecule has 4 nitrogen and oxygen atoms in total. The summed E-state index contributed by atoms with van der Waals surface area (Å²) in [5.74, 6) is 1.93. The Balaban J connectivity index is 1.69. The fourth-order valence-electron chi connectivity index (χ4n) is 2.65. The Morgan fingerprint density at radius 3 is 2.69 bits per heavy atom. The number of aromatic nitrogens is 3. The van der Waals surface area contributed by atoms with Gasteiger partial charge in [-0.3, -0.25) is 0 Å². The van der Waals surface area contributed by atoms with Crippen LogP contribution in [0.4, 0.5) is 0 Å². The lowest BCUT2D eigenvalue weighted by atomic mass is 10.1. The fraction of sp³-hybridized carbons (Fsp3) is 0.400. The first-order chi connectivity index (χ1) is 12.7. The molecule has 0 atom stereocenters. The van der Waals surface area contributed by atoms with Crippen molar-refractivity contribution < 1.29 is 4.74 Å². The van der Waals surface area contributed by atoms with E-state index in [9.17, 15) is 0 Å². The Morgan fingerprint density at radius 1 is 1.12 bits per heavy atom. The molecule has 138 valence electrons. The van der Waals surface area contributed by atoms with Crippen molar-refractivity contribution in [1.29, 1.82) is 0 Å². The molecule has 0 aliphatic carbocycles. The molecule has 0 saturated heterocycles. The minimum absolute atomic E-state index is 0.265. The SMILES string of the molecule is CC(C)OCCSc1nnc(Cc2cccs2)n1CCc1ccccc1. The van der Waals surface area contributed by atoms with Crippen LogP contribution in [0.2, 0.25) is 0 Å². The van der Waals surface area contributed by atoms with E-state index in [1.165, 1.54) is 10.4 Å². The number of hydrogen-bond acceptors (Lipinski definition) is 5. The van der Waals surface area contributed by atoms with Crippen LogP contribution in [0.15, 0.2) is 53.0 Å². The summed E-state index contributed by atoms with van der Waals surface area (Å²) >= 11 is 3.49. The van der Waals surface area contributed by atoms with Crippen molar-refractivity contribution in [3.63, 3.8) is 0 Å². The average molecular weight is 388 g/mol. The van der Waals surface area contributed by atoms with E-state index in [4.69, 9.17) is 4.74 Å². The Morgan fingerprint density at radius 2 is 1.96 bits per heavy atom. The summed E-state index contributed by atoms with van der Waals surface area (Å²) < 4.78 is 7.92. The standard InChI is InChI=1S/C20H25N3OS2/c1-16(2)24-12-14-26-20-22-21-19(15-18-9-6-13-25-18)23(20)11-10-17-7-4-3-5-8-17/h3-9,13,16H,10-12,14-15H2,1-2H3. The smallest absolute Gasteiger partial charge is 0.191 e. The molecule has 1 aromatic carbocycles. The average Bonchev–Trinajstić information content (AvgIpc) is 3.28. The molecule has 0 N–H and O–H groups in total. The third kappa shape index (κ3) is 5.69. The summed E-state index contributed by atoms with van der Waals surface area (Å²) in [6.07, 6.45) is 2.08. The molecule has 0 saturated carbocycles. The second-order valence-corrected chi connectivity index (χ2v) is 8.40.